The van der Waals surface area contributed by atoms with Crippen LogP contribution >= 0.6 is 11.3 Å². The van der Waals surface area contributed by atoms with Crippen molar-refractivity contribution in [3.05, 3.63) is 27.2 Å². The molecule has 1 heterocycles. The van der Waals surface area contributed by atoms with Gasteiger partial charge in [0.15, 0.2) is 0 Å². The molecule has 2 N–H and O–H groups in total. The maximum absolute atomic E-state index is 13.1. The van der Waals surface area contributed by atoms with Gasteiger partial charge in [0.25, 0.3) is 0 Å². The minimum Gasteiger partial charge on any atom is -0.481 e. The number of hydrogen-bond donors (Lipinski definition) is 2. The molecule has 0 aromatic carbocycles. The predicted octanol–water partition coefficient (Wildman–Crippen LogP) is 4.58. The molecule has 0 spiro atoms. The highest BCUT2D eigenvalue weighted by Gasteiger charge is 2.38. The van der Waals surface area contributed by atoms with E-state index in [1.54, 1.807) is 0 Å². The van der Waals surface area contributed by atoms with Crippen LogP contribution < -0.4 is 5.32 Å². The van der Waals surface area contributed by atoms with E-state index in [-0.39, 0.29) is 5.91 Å². The van der Waals surface area contributed by atoms with Gasteiger partial charge in [0.05, 0.1) is 24.0 Å². The lowest BCUT2D eigenvalue weighted by molar-refractivity contribution is -0.146. The summed E-state index contributed by atoms with van der Waals surface area (Å²) in [5.41, 5.74) is 3.56. The fourth-order valence-corrected chi connectivity index (χ4v) is 5.45. The Morgan fingerprint density at radius 2 is 1.76 bits per heavy atom. The van der Waals surface area contributed by atoms with Gasteiger partial charge in [0.1, 0.15) is 5.00 Å². The summed E-state index contributed by atoms with van der Waals surface area (Å²) in [4.78, 5) is 38.7. The van der Waals surface area contributed by atoms with Crippen LogP contribution in [0.2, 0.25) is 0 Å². The number of allylic oxidation sites excluding steroid dienone is 2. The van der Waals surface area contributed by atoms with Crippen molar-refractivity contribution in [1.29, 1.82) is 0 Å². The quantitative estimate of drug-likeness (QED) is 0.520. The lowest BCUT2D eigenvalue weighted by Gasteiger charge is -2.29. The molecular weight excluding hydrogens is 390 g/mol. The highest BCUT2D eigenvalue weighted by molar-refractivity contribution is 7.17. The first-order chi connectivity index (χ1) is 13.8. The molecule has 0 bridgehead atoms. The first kappa shape index (κ1) is 21.6. The number of carboxylic acids is 1. The average molecular weight is 420 g/mol. The lowest BCUT2D eigenvalue weighted by atomic mass is 9.76. The van der Waals surface area contributed by atoms with Crippen molar-refractivity contribution in [3.63, 3.8) is 0 Å². The van der Waals surface area contributed by atoms with Gasteiger partial charge in [0, 0.05) is 4.88 Å². The summed E-state index contributed by atoms with van der Waals surface area (Å²) in [5, 5.41) is 13.0. The number of nitrogens with one attached hydrogen (secondary N) is 1. The molecule has 0 saturated carbocycles. The Hall–Kier alpha value is -2.15. The smallest absolute Gasteiger partial charge is 0.341 e. The third-order valence-corrected chi connectivity index (χ3v) is 7.18. The van der Waals surface area contributed by atoms with Crippen LogP contribution in [0.15, 0.2) is 11.1 Å². The Morgan fingerprint density at radius 1 is 1.10 bits per heavy atom. The van der Waals surface area contributed by atoms with Gasteiger partial charge in [0.2, 0.25) is 5.91 Å². The molecule has 29 heavy (non-hydrogen) atoms. The average Bonchev–Trinajstić information content (AvgIpc) is 3.05. The standard InChI is InChI=1S/C22H29NO5S/c1-4-9-28-22(27)18-14-7-5-6-8-17(14)29-20(18)23-19(24)15-10-12(2)13(3)11-16(15)21(25)26/h15-16H,4-11H2,1-3H3,(H,23,24)(H,25,26)/t15-,16-/m1/s1. The van der Waals surface area contributed by atoms with Crippen LogP contribution in [0.3, 0.4) is 0 Å². The molecule has 6 nitrogen and oxygen atoms in total. The summed E-state index contributed by atoms with van der Waals surface area (Å²) < 4.78 is 5.37. The highest BCUT2D eigenvalue weighted by atomic mass is 32.1. The van der Waals surface area contributed by atoms with E-state index in [0.717, 1.165) is 53.7 Å². The summed E-state index contributed by atoms with van der Waals surface area (Å²) in [6.45, 7) is 6.15. The Labute approximate surface area is 175 Å². The van der Waals surface area contributed by atoms with Crippen LogP contribution in [-0.4, -0.2) is 29.6 Å². The van der Waals surface area contributed by atoms with Crippen LogP contribution in [0.5, 0.6) is 0 Å². The van der Waals surface area contributed by atoms with E-state index in [4.69, 9.17) is 4.74 Å². The number of fused-ring (bicyclic) bond motifs is 1. The Kier molecular flexibility index (Phi) is 6.77. The third-order valence-electron chi connectivity index (χ3n) is 5.97. The van der Waals surface area contributed by atoms with E-state index in [1.165, 1.54) is 11.3 Å². The number of carbonyl (C=O) groups is 3. The predicted molar refractivity (Wildman–Crippen MR) is 112 cm³/mol. The zero-order valence-electron chi connectivity index (χ0n) is 17.3. The van der Waals surface area contributed by atoms with Crippen LogP contribution in [0.4, 0.5) is 5.00 Å². The molecule has 2 atom stereocenters. The number of carbonyl (C=O) groups excluding carboxylic acids is 2. The summed E-state index contributed by atoms with van der Waals surface area (Å²) in [6, 6.07) is 0. The summed E-state index contributed by atoms with van der Waals surface area (Å²) in [7, 11) is 0. The van der Waals surface area contributed by atoms with Crippen molar-refractivity contribution in [2.24, 2.45) is 11.8 Å². The SMILES string of the molecule is CCCOC(=O)c1c(NC(=O)[C@@H]2CC(C)=C(C)C[C@H]2C(=O)O)sc2c1CCCC2. The maximum atomic E-state index is 13.1. The molecule has 0 saturated heterocycles. The number of thiophene rings is 1. The number of hydrogen-bond acceptors (Lipinski definition) is 5. The van der Waals surface area contributed by atoms with Gasteiger partial charge in [-0.05, 0) is 64.4 Å². The van der Waals surface area contributed by atoms with Crippen molar-refractivity contribution in [2.75, 3.05) is 11.9 Å². The van der Waals surface area contributed by atoms with Gasteiger partial charge in [-0.2, -0.15) is 0 Å². The van der Waals surface area contributed by atoms with E-state index in [9.17, 15) is 19.5 Å². The molecule has 0 aliphatic heterocycles. The molecule has 0 fully saturated rings. The van der Waals surface area contributed by atoms with E-state index in [0.29, 0.717) is 30.0 Å². The first-order valence-corrected chi connectivity index (χ1v) is 11.2. The molecule has 2 aliphatic rings. The fraction of sp³-hybridized carbons (Fsp3) is 0.591. The van der Waals surface area contributed by atoms with Gasteiger partial charge >= 0.3 is 11.9 Å². The number of carboxylic acid groups (broad SMARTS) is 1. The number of aryl methyl sites for hydroxylation is 1. The first-order valence-electron chi connectivity index (χ1n) is 10.3. The van der Waals surface area contributed by atoms with Gasteiger partial charge in [-0.15, -0.1) is 11.3 Å². The maximum Gasteiger partial charge on any atom is 0.341 e. The molecular formula is C22H29NO5S. The number of aliphatic carboxylic acids is 1. The van der Waals surface area contributed by atoms with E-state index >= 15 is 0 Å². The van der Waals surface area contributed by atoms with Crippen LogP contribution in [0, 0.1) is 11.8 Å². The molecule has 0 unspecified atom stereocenters. The van der Waals surface area contributed by atoms with Gasteiger partial charge in [-0.1, -0.05) is 18.1 Å². The van der Waals surface area contributed by atoms with Gasteiger partial charge in [-0.3, -0.25) is 9.59 Å². The monoisotopic (exact) mass is 419 g/mol. The topological polar surface area (TPSA) is 92.7 Å². The summed E-state index contributed by atoms with van der Waals surface area (Å²) in [6.07, 6.45) is 5.32. The third kappa shape index (κ3) is 4.55. The molecule has 158 valence electrons. The molecule has 2 aliphatic carbocycles. The molecule has 3 rings (SSSR count). The minimum atomic E-state index is -0.954. The van der Waals surface area contributed by atoms with Crippen LogP contribution in [0.25, 0.3) is 0 Å². The Morgan fingerprint density at radius 3 is 2.41 bits per heavy atom. The minimum absolute atomic E-state index is 0.326. The van der Waals surface area contributed by atoms with Crippen molar-refractivity contribution in [3.8, 4) is 0 Å². The second-order valence-corrected chi connectivity index (χ2v) is 9.17. The van der Waals surface area contributed by atoms with Crippen molar-refractivity contribution >= 4 is 34.2 Å². The van der Waals surface area contributed by atoms with Gasteiger partial charge < -0.3 is 15.2 Å². The number of anilines is 1. The molecule has 0 radical (unpaired) electrons. The van der Waals surface area contributed by atoms with Crippen molar-refractivity contribution in [1.82, 2.24) is 0 Å². The largest absolute Gasteiger partial charge is 0.481 e. The number of rotatable bonds is 6. The normalized spacial score (nSPS) is 21.5. The zero-order valence-corrected chi connectivity index (χ0v) is 18.1. The number of esters is 1. The molecule has 1 aromatic heterocycles. The van der Waals surface area contributed by atoms with Gasteiger partial charge in [-0.25, -0.2) is 4.79 Å². The zero-order chi connectivity index (χ0) is 21.1. The fourth-order valence-electron chi connectivity index (χ4n) is 4.17. The van der Waals surface area contributed by atoms with Crippen molar-refractivity contribution < 1.29 is 24.2 Å². The Balaban J connectivity index is 1.89. The van der Waals surface area contributed by atoms with Crippen LogP contribution in [-0.2, 0) is 27.2 Å². The molecule has 1 aromatic rings. The number of amides is 1. The lowest BCUT2D eigenvalue weighted by Crippen LogP contribution is -2.36. The second kappa shape index (κ2) is 9.11. The Bertz CT molecular complexity index is 854. The van der Waals surface area contributed by atoms with Crippen LogP contribution in [0.1, 0.15) is 73.7 Å². The van der Waals surface area contributed by atoms with Crippen molar-refractivity contribution in [2.45, 2.75) is 65.7 Å². The van der Waals surface area contributed by atoms with E-state index in [1.807, 2.05) is 20.8 Å². The molecule has 7 heteroatoms. The van der Waals surface area contributed by atoms with E-state index < -0.39 is 23.8 Å². The highest BCUT2D eigenvalue weighted by Crippen LogP contribution is 2.40. The second-order valence-electron chi connectivity index (χ2n) is 8.06. The number of ether oxygens (including phenoxy) is 1. The summed E-state index contributed by atoms with van der Waals surface area (Å²) in [5.74, 6) is -3.07. The summed E-state index contributed by atoms with van der Waals surface area (Å²) >= 11 is 1.43. The molecule has 1 amide bonds. The van der Waals surface area contributed by atoms with E-state index in [2.05, 4.69) is 5.32 Å².